The number of hydrogen-bond donors (Lipinski definition) is 1. The average Bonchev–Trinajstić information content (AvgIpc) is 3.42. The Kier molecular flexibility index (Phi) is 12.9. The van der Waals surface area contributed by atoms with Crippen molar-refractivity contribution < 1.29 is 43.2 Å². The second-order valence-electron chi connectivity index (χ2n) is 16.3. The van der Waals surface area contributed by atoms with E-state index in [1.54, 1.807) is 6.92 Å². The van der Waals surface area contributed by atoms with Gasteiger partial charge in [-0.15, -0.1) is 40.5 Å². The quantitative estimate of drug-likeness (QED) is 0.101. The fraction of sp³-hybridized carbons (Fsp3) is 0.442. The van der Waals surface area contributed by atoms with Crippen LogP contribution in [0.1, 0.15) is 100 Å². The molecule has 0 unspecified atom stereocenters. The molecule has 0 aliphatic rings. The molecule has 2 aromatic heterocycles. The molecule has 0 bridgehead atoms. The number of carbonyl (C=O) groups excluding carboxylic acids is 1. The number of rotatable bonds is 7. The number of aromatic nitrogens is 1. The predicted octanol–water partition coefficient (Wildman–Crippen LogP) is 13.4. The van der Waals surface area contributed by atoms with E-state index >= 15 is 0 Å². The van der Waals surface area contributed by atoms with Gasteiger partial charge in [0.2, 0.25) is 0 Å². The molecule has 0 spiro atoms. The van der Waals surface area contributed by atoms with E-state index in [0.29, 0.717) is 12.8 Å². The van der Waals surface area contributed by atoms with Crippen LogP contribution in [0.25, 0.3) is 42.2 Å². The number of allylic oxidation sites excluding steroid dienone is 2. The van der Waals surface area contributed by atoms with Crippen LogP contribution >= 0.6 is 11.3 Å². The molecule has 2 heterocycles. The third-order valence-electron chi connectivity index (χ3n) is 9.83. The first-order valence-corrected chi connectivity index (χ1v) is 18.1. The Balaban J connectivity index is 0.000000319. The molecule has 0 aliphatic carbocycles. The van der Waals surface area contributed by atoms with Crippen LogP contribution in [0.5, 0.6) is 0 Å². The zero-order valence-corrected chi connectivity index (χ0v) is 34.9. The Morgan fingerprint density at radius 1 is 0.843 bits per heavy atom. The van der Waals surface area contributed by atoms with Gasteiger partial charge in [0.1, 0.15) is 11.2 Å². The molecule has 3 nitrogen and oxygen atoms in total. The van der Waals surface area contributed by atoms with E-state index in [0.717, 1.165) is 43.0 Å². The molecule has 0 aliphatic heterocycles. The number of fused-ring (bicyclic) bond motifs is 4. The minimum atomic E-state index is -4.63. The minimum Gasteiger partial charge on any atom is -0.512 e. The number of nitrogens with zero attached hydrogens (tertiary/aromatic N) is 1. The van der Waals surface area contributed by atoms with Crippen molar-refractivity contribution in [1.29, 1.82) is 0 Å². The zero-order valence-electron chi connectivity index (χ0n) is 31.7. The molecule has 277 valence electrons. The van der Waals surface area contributed by atoms with Crippen molar-refractivity contribution in [3.05, 3.63) is 89.8 Å². The number of benzene rings is 3. The Labute approximate surface area is 319 Å². The van der Waals surface area contributed by atoms with Crippen molar-refractivity contribution in [2.45, 2.75) is 107 Å². The fourth-order valence-electron chi connectivity index (χ4n) is 5.89. The minimum absolute atomic E-state index is 0. The second-order valence-corrected chi connectivity index (χ2v) is 17.4. The predicted molar refractivity (Wildman–Crippen MR) is 205 cm³/mol. The van der Waals surface area contributed by atoms with E-state index in [1.165, 1.54) is 36.7 Å². The normalized spacial score (nSPS) is 13.3. The largest absolute Gasteiger partial charge is 0.512 e. The molecule has 0 fully saturated rings. The summed E-state index contributed by atoms with van der Waals surface area (Å²) in [5, 5.41) is 14.9. The van der Waals surface area contributed by atoms with Crippen molar-refractivity contribution in [3.8, 4) is 11.3 Å². The first kappa shape index (κ1) is 42.4. The number of aliphatic hydroxyl groups excluding tert-OH is 1. The summed E-state index contributed by atoms with van der Waals surface area (Å²) in [5.74, 6) is -1.41. The van der Waals surface area contributed by atoms with Crippen molar-refractivity contribution in [2.24, 2.45) is 16.2 Å². The smallest absolute Gasteiger partial charge is 0.401 e. The number of carbonyl (C=O) groups is 1. The van der Waals surface area contributed by atoms with Crippen LogP contribution in [0.4, 0.5) is 13.2 Å². The molecule has 3 aromatic carbocycles. The van der Waals surface area contributed by atoms with Gasteiger partial charge < -0.3 is 5.11 Å². The third kappa shape index (κ3) is 9.12. The molecule has 1 N–H and O–H groups in total. The number of thiophene rings is 1. The van der Waals surface area contributed by atoms with Crippen LogP contribution in [0, 0.1) is 22.3 Å². The first-order chi connectivity index (χ1) is 23.0. The zero-order chi connectivity index (χ0) is 37.4. The van der Waals surface area contributed by atoms with Gasteiger partial charge in [0.15, 0.2) is 5.78 Å². The summed E-state index contributed by atoms with van der Waals surface area (Å²) in [5.41, 5.74) is 2.05. The molecule has 51 heavy (non-hydrogen) atoms. The topological polar surface area (TPSA) is 50.2 Å². The van der Waals surface area contributed by atoms with Gasteiger partial charge in [-0.1, -0.05) is 110 Å². The molecular weight excluding hydrogens is 844 g/mol. The summed E-state index contributed by atoms with van der Waals surface area (Å²) in [6.45, 7) is 20.7. The fourth-order valence-corrected chi connectivity index (χ4v) is 7.21. The first-order valence-electron chi connectivity index (χ1n) is 17.3. The number of hydrogen-bond acceptors (Lipinski definition) is 4. The number of pyridine rings is 1. The summed E-state index contributed by atoms with van der Waals surface area (Å²) in [4.78, 5) is 16.5. The van der Waals surface area contributed by atoms with E-state index < -0.39 is 22.8 Å². The van der Waals surface area contributed by atoms with E-state index in [9.17, 15) is 23.1 Å². The Bertz CT molecular complexity index is 2040. The Morgan fingerprint density at radius 2 is 1.43 bits per heavy atom. The van der Waals surface area contributed by atoms with Gasteiger partial charge in [0.05, 0.1) is 0 Å². The molecule has 5 aromatic rings. The number of ketones is 1. The SMILES string of the molecule is CC(C)(C)Cc1cccc2c1sc1c(-c3[c-]c4ccccc4c(C(C)(C)C)c3)nccc12.CCC(C)(CC)/C(O)=C/C(=O)C(C)(C)C(F)(F)F.[Ir]. The molecule has 8 heteroatoms. The van der Waals surface area contributed by atoms with Gasteiger partial charge >= 0.3 is 6.18 Å². The summed E-state index contributed by atoms with van der Waals surface area (Å²) in [6.07, 6.45) is 0.212. The van der Waals surface area contributed by atoms with E-state index in [-0.39, 0.29) is 36.7 Å². The third-order valence-corrected chi connectivity index (χ3v) is 11.1. The Morgan fingerprint density at radius 3 is 2.00 bits per heavy atom. The van der Waals surface area contributed by atoms with Gasteiger partial charge in [-0.2, -0.15) is 13.2 Å². The molecule has 1 radical (unpaired) electrons. The van der Waals surface area contributed by atoms with Crippen molar-refractivity contribution in [2.75, 3.05) is 0 Å². The summed E-state index contributed by atoms with van der Waals surface area (Å²) < 4.78 is 40.6. The maximum absolute atomic E-state index is 12.7. The summed E-state index contributed by atoms with van der Waals surface area (Å²) >= 11 is 1.89. The van der Waals surface area contributed by atoms with Crippen LogP contribution in [0.3, 0.4) is 0 Å². The van der Waals surface area contributed by atoms with E-state index in [1.807, 2.05) is 31.4 Å². The molecule has 0 saturated carbocycles. The second kappa shape index (κ2) is 15.5. The number of alkyl halides is 3. The molecule has 0 amide bonds. The standard InChI is InChI=1S/C30H30NS.C13H21F3O2.Ir/c1-29(2,3)18-20-11-9-13-23-24-14-15-31-26(28(24)32-27(20)23)21-16-19-10-7-8-12-22(19)25(17-21)30(4,5)6;1-6-12(5,7-2)10(18)8-9(17)11(3,4)13(14,15)16;/h7-15,17H,18H2,1-6H3;8,18H,6-7H2,1-5H3;/q-1;;/b;10-8-;. The monoisotopic (exact) mass is 895 g/mol. The molecule has 0 saturated heterocycles. The van der Waals surface area contributed by atoms with Gasteiger partial charge in [-0.3, -0.25) is 9.78 Å². The van der Waals surface area contributed by atoms with Gasteiger partial charge in [0, 0.05) is 58.3 Å². The maximum Gasteiger partial charge on any atom is 0.401 e. The number of aliphatic hydroxyl groups is 1. The van der Waals surface area contributed by atoms with Crippen LogP contribution in [0.15, 0.2) is 72.6 Å². The van der Waals surface area contributed by atoms with Gasteiger partial charge in [-0.05, 0) is 61.0 Å². The maximum atomic E-state index is 12.7. The molecule has 0 atom stereocenters. The summed E-state index contributed by atoms with van der Waals surface area (Å²) in [7, 11) is 0. The number of halogens is 3. The Hall–Kier alpha value is -3.06. The van der Waals surface area contributed by atoms with Crippen LogP contribution in [0.2, 0.25) is 0 Å². The van der Waals surface area contributed by atoms with Crippen molar-refractivity contribution >= 4 is 48.1 Å². The van der Waals surface area contributed by atoms with Crippen LogP contribution in [-0.2, 0) is 36.7 Å². The summed E-state index contributed by atoms with van der Waals surface area (Å²) in [6, 6.07) is 23.5. The van der Waals surface area contributed by atoms with Gasteiger partial charge in [-0.25, -0.2) is 0 Å². The van der Waals surface area contributed by atoms with Crippen LogP contribution in [-0.4, -0.2) is 22.1 Å². The van der Waals surface area contributed by atoms with Gasteiger partial charge in [0.25, 0.3) is 0 Å². The van der Waals surface area contributed by atoms with E-state index in [2.05, 4.69) is 102 Å². The molecule has 5 rings (SSSR count). The average molecular weight is 895 g/mol. The van der Waals surface area contributed by atoms with Crippen LogP contribution < -0.4 is 0 Å². The van der Waals surface area contributed by atoms with Crippen molar-refractivity contribution in [1.82, 2.24) is 4.98 Å². The van der Waals surface area contributed by atoms with Crippen molar-refractivity contribution in [3.63, 3.8) is 0 Å². The van der Waals surface area contributed by atoms with E-state index in [4.69, 9.17) is 4.98 Å². The molecular formula is C43H51F3IrNO2S-.